The molecule has 0 saturated heterocycles. The zero-order chi connectivity index (χ0) is 15.8. The van der Waals surface area contributed by atoms with Gasteiger partial charge in [0.1, 0.15) is 0 Å². The summed E-state index contributed by atoms with van der Waals surface area (Å²) in [5.41, 5.74) is 0.383. The van der Waals surface area contributed by atoms with E-state index in [2.05, 4.69) is 26.0 Å². The van der Waals surface area contributed by atoms with Crippen LogP contribution in [0.25, 0.3) is 0 Å². The third-order valence-electron chi connectivity index (χ3n) is 3.39. The van der Waals surface area contributed by atoms with Crippen LogP contribution in [0.4, 0.5) is 0 Å². The van der Waals surface area contributed by atoms with Crippen LogP contribution >= 0.6 is 0 Å². The maximum Gasteiger partial charge on any atom is 0.0716 e. The Morgan fingerprint density at radius 1 is 0.952 bits per heavy atom. The fourth-order valence-corrected chi connectivity index (χ4v) is 2.01. The van der Waals surface area contributed by atoms with Gasteiger partial charge in [-0.1, -0.05) is 30.3 Å². The van der Waals surface area contributed by atoms with Crippen LogP contribution in [0, 0.1) is 0 Å². The number of hydrogen-bond donors (Lipinski definition) is 1. The molecule has 0 amide bonds. The SMILES string of the molecule is CC(C)(O)CCOC(C)(C)CCCOCc1ccccc1. The van der Waals surface area contributed by atoms with E-state index in [0.717, 1.165) is 19.4 Å². The predicted octanol–water partition coefficient (Wildman–Crippen LogP) is 3.94. The minimum Gasteiger partial charge on any atom is -0.390 e. The molecule has 21 heavy (non-hydrogen) atoms. The second kappa shape index (κ2) is 8.52. The van der Waals surface area contributed by atoms with Crippen LogP contribution in [0.2, 0.25) is 0 Å². The van der Waals surface area contributed by atoms with Crippen LogP contribution in [0.5, 0.6) is 0 Å². The molecule has 1 N–H and O–H groups in total. The summed E-state index contributed by atoms with van der Waals surface area (Å²) in [4.78, 5) is 0. The highest BCUT2D eigenvalue weighted by Crippen LogP contribution is 2.19. The molecule has 0 fully saturated rings. The average Bonchev–Trinajstić information content (AvgIpc) is 2.37. The Hall–Kier alpha value is -0.900. The molecule has 0 bridgehead atoms. The molecule has 0 heterocycles. The van der Waals surface area contributed by atoms with Crippen LogP contribution < -0.4 is 0 Å². The Kier molecular flexibility index (Phi) is 7.36. The first-order valence-electron chi connectivity index (χ1n) is 7.77. The first kappa shape index (κ1) is 18.1. The predicted molar refractivity (Wildman–Crippen MR) is 86.3 cm³/mol. The van der Waals surface area contributed by atoms with Gasteiger partial charge in [0, 0.05) is 6.61 Å². The maximum atomic E-state index is 9.67. The molecule has 0 aliphatic heterocycles. The number of aliphatic hydroxyl groups is 1. The molecule has 1 aromatic carbocycles. The van der Waals surface area contributed by atoms with Gasteiger partial charge >= 0.3 is 0 Å². The topological polar surface area (TPSA) is 38.7 Å². The summed E-state index contributed by atoms with van der Waals surface area (Å²) in [6, 6.07) is 10.2. The summed E-state index contributed by atoms with van der Waals surface area (Å²) in [5, 5.41) is 9.67. The summed E-state index contributed by atoms with van der Waals surface area (Å²) in [6.45, 7) is 9.79. The third kappa shape index (κ3) is 9.62. The maximum absolute atomic E-state index is 9.67. The summed E-state index contributed by atoms with van der Waals surface area (Å²) in [5.74, 6) is 0. The van der Waals surface area contributed by atoms with E-state index in [4.69, 9.17) is 9.47 Å². The summed E-state index contributed by atoms with van der Waals surface area (Å²) < 4.78 is 11.5. The van der Waals surface area contributed by atoms with Crippen molar-refractivity contribution >= 4 is 0 Å². The molecule has 0 saturated carbocycles. The number of benzene rings is 1. The van der Waals surface area contributed by atoms with E-state index in [1.165, 1.54) is 5.56 Å². The number of hydrogen-bond acceptors (Lipinski definition) is 3. The molecule has 0 unspecified atom stereocenters. The zero-order valence-corrected chi connectivity index (χ0v) is 13.9. The first-order chi connectivity index (χ1) is 9.79. The van der Waals surface area contributed by atoms with E-state index in [-0.39, 0.29) is 5.60 Å². The Morgan fingerprint density at radius 3 is 2.24 bits per heavy atom. The van der Waals surface area contributed by atoms with E-state index >= 15 is 0 Å². The van der Waals surface area contributed by atoms with Gasteiger partial charge in [0.25, 0.3) is 0 Å². The second-order valence-corrected chi connectivity index (χ2v) is 6.81. The molecule has 1 aromatic rings. The Bertz CT molecular complexity index is 379. The van der Waals surface area contributed by atoms with Crippen molar-refractivity contribution in [3.05, 3.63) is 35.9 Å². The van der Waals surface area contributed by atoms with Crippen molar-refractivity contribution in [1.82, 2.24) is 0 Å². The molecular formula is C18H30O3. The molecule has 1 rings (SSSR count). The highest BCUT2D eigenvalue weighted by molar-refractivity contribution is 5.13. The van der Waals surface area contributed by atoms with Crippen molar-refractivity contribution in [3.8, 4) is 0 Å². The first-order valence-corrected chi connectivity index (χ1v) is 7.77. The molecule has 120 valence electrons. The standard InChI is InChI=1S/C18H30O3/c1-17(2,19)12-14-21-18(3,4)11-8-13-20-15-16-9-6-5-7-10-16/h5-7,9-10,19H,8,11-15H2,1-4H3. The minimum atomic E-state index is -0.658. The number of rotatable bonds is 10. The molecule has 0 aliphatic carbocycles. The Labute approximate surface area is 129 Å². The van der Waals surface area contributed by atoms with Gasteiger partial charge in [-0.05, 0) is 52.5 Å². The monoisotopic (exact) mass is 294 g/mol. The highest BCUT2D eigenvalue weighted by atomic mass is 16.5. The average molecular weight is 294 g/mol. The molecule has 0 aliphatic rings. The van der Waals surface area contributed by atoms with Gasteiger partial charge in [-0.3, -0.25) is 0 Å². The van der Waals surface area contributed by atoms with Crippen molar-refractivity contribution in [2.24, 2.45) is 0 Å². The van der Waals surface area contributed by atoms with Gasteiger partial charge in [0.2, 0.25) is 0 Å². The molecule has 0 spiro atoms. The van der Waals surface area contributed by atoms with Crippen LogP contribution in [-0.4, -0.2) is 29.5 Å². The van der Waals surface area contributed by atoms with E-state index in [1.54, 1.807) is 13.8 Å². The molecular weight excluding hydrogens is 264 g/mol. The summed E-state index contributed by atoms with van der Waals surface area (Å²) >= 11 is 0. The van der Waals surface area contributed by atoms with Crippen LogP contribution in [0.15, 0.2) is 30.3 Å². The largest absolute Gasteiger partial charge is 0.390 e. The summed E-state index contributed by atoms with van der Waals surface area (Å²) in [6.07, 6.45) is 2.58. The lowest BCUT2D eigenvalue weighted by atomic mass is 10.0. The van der Waals surface area contributed by atoms with Gasteiger partial charge in [-0.2, -0.15) is 0 Å². The summed E-state index contributed by atoms with van der Waals surface area (Å²) in [7, 11) is 0. The Morgan fingerprint density at radius 2 is 1.62 bits per heavy atom. The van der Waals surface area contributed by atoms with E-state index in [1.807, 2.05) is 18.2 Å². The lowest BCUT2D eigenvalue weighted by Crippen LogP contribution is -2.29. The molecule has 0 aromatic heterocycles. The minimum absolute atomic E-state index is 0.165. The van der Waals surface area contributed by atoms with E-state index in [0.29, 0.717) is 19.6 Å². The third-order valence-corrected chi connectivity index (χ3v) is 3.39. The lowest BCUT2D eigenvalue weighted by molar-refractivity contribution is -0.0539. The fraction of sp³-hybridized carbons (Fsp3) is 0.667. The van der Waals surface area contributed by atoms with Crippen LogP contribution in [0.3, 0.4) is 0 Å². The van der Waals surface area contributed by atoms with Crippen molar-refractivity contribution in [1.29, 1.82) is 0 Å². The van der Waals surface area contributed by atoms with E-state index in [9.17, 15) is 5.11 Å². The van der Waals surface area contributed by atoms with Gasteiger partial charge in [-0.25, -0.2) is 0 Å². The molecule has 3 nitrogen and oxygen atoms in total. The van der Waals surface area contributed by atoms with Gasteiger partial charge in [0.05, 0.1) is 24.4 Å². The molecule has 3 heteroatoms. The van der Waals surface area contributed by atoms with Crippen LogP contribution in [0.1, 0.15) is 52.5 Å². The Balaban J connectivity index is 2.10. The lowest BCUT2D eigenvalue weighted by Gasteiger charge is -2.27. The smallest absolute Gasteiger partial charge is 0.0716 e. The quantitative estimate of drug-likeness (QED) is 0.664. The van der Waals surface area contributed by atoms with Crippen molar-refractivity contribution in [2.45, 2.75) is 64.8 Å². The zero-order valence-electron chi connectivity index (χ0n) is 13.9. The van der Waals surface area contributed by atoms with Gasteiger partial charge in [-0.15, -0.1) is 0 Å². The van der Waals surface area contributed by atoms with Crippen molar-refractivity contribution in [2.75, 3.05) is 13.2 Å². The fourth-order valence-electron chi connectivity index (χ4n) is 2.01. The normalized spacial score (nSPS) is 12.6. The highest BCUT2D eigenvalue weighted by Gasteiger charge is 2.20. The van der Waals surface area contributed by atoms with Crippen molar-refractivity contribution < 1.29 is 14.6 Å². The number of ether oxygens (including phenoxy) is 2. The van der Waals surface area contributed by atoms with E-state index < -0.39 is 5.60 Å². The second-order valence-electron chi connectivity index (χ2n) is 6.81. The van der Waals surface area contributed by atoms with Gasteiger partial charge < -0.3 is 14.6 Å². The van der Waals surface area contributed by atoms with Crippen LogP contribution in [-0.2, 0) is 16.1 Å². The van der Waals surface area contributed by atoms with Crippen molar-refractivity contribution in [3.63, 3.8) is 0 Å². The van der Waals surface area contributed by atoms with Gasteiger partial charge in [0.15, 0.2) is 0 Å². The molecule has 0 radical (unpaired) electrons. The molecule has 0 atom stereocenters.